The fourth-order valence-corrected chi connectivity index (χ4v) is 2.98. The molecule has 1 N–H and O–H groups in total. The van der Waals surface area contributed by atoms with E-state index >= 15 is 0 Å². The van der Waals surface area contributed by atoms with Crippen molar-refractivity contribution in [1.82, 2.24) is 10.2 Å². The Labute approximate surface area is 126 Å². The molecule has 0 spiro atoms. The van der Waals surface area contributed by atoms with Gasteiger partial charge in [0.05, 0.1) is 6.04 Å². The maximum Gasteiger partial charge on any atom is 0.241 e. The summed E-state index contributed by atoms with van der Waals surface area (Å²) in [6, 6.07) is 6.37. The van der Waals surface area contributed by atoms with Crippen molar-refractivity contribution in [1.29, 1.82) is 0 Å². The number of nitrogens with zero attached hydrogens (tertiary/aromatic N) is 1. The summed E-state index contributed by atoms with van der Waals surface area (Å²) < 4.78 is 13.1. The highest BCUT2D eigenvalue weighted by Gasteiger charge is 2.39. The fraction of sp³-hybridized carbons (Fsp3) is 0.588. The van der Waals surface area contributed by atoms with E-state index < -0.39 is 0 Å². The molecule has 1 fully saturated rings. The van der Waals surface area contributed by atoms with Crippen molar-refractivity contribution >= 4 is 5.91 Å². The Morgan fingerprint density at radius 3 is 2.48 bits per heavy atom. The van der Waals surface area contributed by atoms with E-state index in [-0.39, 0.29) is 30.0 Å². The normalized spacial score (nSPS) is 25.2. The van der Waals surface area contributed by atoms with Gasteiger partial charge in [-0.15, -0.1) is 0 Å². The minimum absolute atomic E-state index is 0.125. The van der Waals surface area contributed by atoms with Gasteiger partial charge in [-0.25, -0.2) is 4.39 Å². The van der Waals surface area contributed by atoms with Crippen molar-refractivity contribution in [2.24, 2.45) is 5.92 Å². The first-order valence-electron chi connectivity index (χ1n) is 7.77. The van der Waals surface area contributed by atoms with Gasteiger partial charge in [0.25, 0.3) is 0 Å². The van der Waals surface area contributed by atoms with Gasteiger partial charge in [-0.3, -0.25) is 10.1 Å². The molecule has 0 saturated carbocycles. The highest BCUT2D eigenvalue weighted by molar-refractivity contribution is 5.84. The Kier molecular flexibility index (Phi) is 4.99. The average molecular weight is 292 g/mol. The Hall–Kier alpha value is -1.42. The van der Waals surface area contributed by atoms with E-state index in [1.807, 2.05) is 11.8 Å². The summed E-state index contributed by atoms with van der Waals surface area (Å²) >= 11 is 0. The third-order valence-electron chi connectivity index (χ3n) is 4.41. The second-order valence-electron chi connectivity index (χ2n) is 6.19. The zero-order valence-electron chi connectivity index (χ0n) is 13.3. The number of benzene rings is 1. The number of carbonyl (C=O) groups is 1. The highest BCUT2D eigenvalue weighted by Crippen LogP contribution is 2.30. The van der Waals surface area contributed by atoms with Gasteiger partial charge >= 0.3 is 0 Å². The summed E-state index contributed by atoms with van der Waals surface area (Å²) in [4.78, 5) is 14.4. The Morgan fingerprint density at radius 2 is 1.90 bits per heavy atom. The van der Waals surface area contributed by atoms with Crippen LogP contribution in [-0.2, 0) is 4.79 Å². The fourth-order valence-electron chi connectivity index (χ4n) is 2.98. The van der Waals surface area contributed by atoms with Crippen molar-refractivity contribution in [2.45, 2.75) is 58.8 Å². The first-order valence-corrected chi connectivity index (χ1v) is 7.77. The Bertz CT molecular complexity index is 488. The van der Waals surface area contributed by atoms with Crippen molar-refractivity contribution in [3.63, 3.8) is 0 Å². The summed E-state index contributed by atoms with van der Waals surface area (Å²) in [6.07, 6.45) is 1.93. The SMILES string of the molecule is CCC(C)CC(C)N1C(=O)C(C)NC1c1ccc(F)cc1. The third kappa shape index (κ3) is 3.43. The summed E-state index contributed by atoms with van der Waals surface area (Å²) in [5, 5.41) is 3.32. The molecule has 1 aliphatic heterocycles. The molecular weight excluding hydrogens is 267 g/mol. The molecule has 0 aromatic heterocycles. The van der Waals surface area contributed by atoms with E-state index in [1.54, 1.807) is 12.1 Å². The van der Waals surface area contributed by atoms with E-state index in [2.05, 4.69) is 26.1 Å². The van der Waals surface area contributed by atoms with Crippen LogP contribution in [0.25, 0.3) is 0 Å². The van der Waals surface area contributed by atoms with Crippen LogP contribution in [0.4, 0.5) is 4.39 Å². The molecule has 0 radical (unpaired) electrons. The van der Waals surface area contributed by atoms with Crippen molar-refractivity contribution < 1.29 is 9.18 Å². The number of nitrogens with one attached hydrogen (secondary N) is 1. The van der Waals surface area contributed by atoms with Crippen LogP contribution in [0, 0.1) is 11.7 Å². The molecule has 116 valence electrons. The molecule has 1 heterocycles. The minimum Gasteiger partial charge on any atom is -0.319 e. The lowest BCUT2D eigenvalue weighted by Gasteiger charge is -2.32. The van der Waals surface area contributed by atoms with Crippen molar-refractivity contribution in [3.8, 4) is 0 Å². The van der Waals surface area contributed by atoms with Gasteiger partial charge in [0, 0.05) is 6.04 Å². The van der Waals surface area contributed by atoms with E-state index in [1.165, 1.54) is 12.1 Å². The van der Waals surface area contributed by atoms with Gasteiger partial charge in [-0.05, 0) is 43.9 Å². The number of halogens is 1. The van der Waals surface area contributed by atoms with Gasteiger partial charge < -0.3 is 4.90 Å². The topological polar surface area (TPSA) is 32.3 Å². The maximum atomic E-state index is 13.1. The number of rotatable bonds is 5. The summed E-state index contributed by atoms with van der Waals surface area (Å²) in [5.41, 5.74) is 0.935. The second kappa shape index (κ2) is 6.56. The molecule has 1 amide bonds. The highest BCUT2D eigenvalue weighted by atomic mass is 19.1. The second-order valence-corrected chi connectivity index (χ2v) is 6.19. The molecule has 1 saturated heterocycles. The molecule has 1 aromatic rings. The predicted octanol–water partition coefficient (Wildman–Crippen LogP) is 3.47. The Balaban J connectivity index is 2.22. The molecule has 0 aliphatic carbocycles. The van der Waals surface area contributed by atoms with Crippen LogP contribution in [0.2, 0.25) is 0 Å². The predicted molar refractivity (Wildman–Crippen MR) is 82.1 cm³/mol. The standard InChI is InChI=1S/C17H25FN2O/c1-5-11(2)10-12(3)20-16(19-13(4)17(20)21)14-6-8-15(18)9-7-14/h6-9,11-13,16,19H,5,10H2,1-4H3. The molecule has 4 unspecified atom stereocenters. The van der Waals surface area contributed by atoms with Crippen molar-refractivity contribution in [3.05, 3.63) is 35.6 Å². The lowest BCUT2D eigenvalue weighted by Crippen LogP contribution is -2.39. The summed E-state index contributed by atoms with van der Waals surface area (Å²) in [5.74, 6) is 0.452. The van der Waals surface area contributed by atoms with Crippen LogP contribution in [0.1, 0.15) is 52.3 Å². The smallest absolute Gasteiger partial charge is 0.241 e. The molecule has 4 heteroatoms. The molecule has 0 bridgehead atoms. The molecule has 1 aliphatic rings. The molecule has 4 atom stereocenters. The molecule has 3 nitrogen and oxygen atoms in total. The maximum absolute atomic E-state index is 13.1. The first-order chi connectivity index (χ1) is 9.93. The monoisotopic (exact) mass is 292 g/mol. The molecule has 21 heavy (non-hydrogen) atoms. The van der Waals surface area contributed by atoms with Crippen LogP contribution in [0.15, 0.2) is 24.3 Å². The van der Waals surface area contributed by atoms with Crippen LogP contribution in [0.5, 0.6) is 0 Å². The zero-order valence-corrected chi connectivity index (χ0v) is 13.3. The van der Waals surface area contributed by atoms with Crippen LogP contribution in [0.3, 0.4) is 0 Å². The van der Waals surface area contributed by atoms with Crippen LogP contribution < -0.4 is 5.32 Å². The van der Waals surface area contributed by atoms with E-state index in [9.17, 15) is 9.18 Å². The van der Waals surface area contributed by atoms with Gasteiger partial charge in [-0.2, -0.15) is 0 Å². The lowest BCUT2D eigenvalue weighted by atomic mass is 9.98. The molecule has 2 rings (SSSR count). The van der Waals surface area contributed by atoms with E-state index in [0.717, 1.165) is 18.4 Å². The molecule has 1 aromatic carbocycles. The van der Waals surface area contributed by atoms with E-state index in [0.29, 0.717) is 5.92 Å². The lowest BCUT2D eigenvalue weighted by molar-refractivity contribution is -0.132. The number of hydrogen-bond donors (Lipinski definition) is 1. The van der Waals surface area contributed by atoms with E-state index in [4.69, 9.17) is 0 Å². The van der Waals surface area contributed by atoms with Gasteiger partial charge in [-0.1, -0.05) is 32.4 Å². The number of carbonyl (C=O) groups excluding carboxylic acids is 1. The summed E-state index contributed by atoms with van der Waals surface area (Å²) in [7, 11) is 0. The van der Waals surface area contributed by atoms with Crippen molar-refractivity contribution in [2.75, 3.05) is 0 Å². The quantitative estimate of drug-likeness (QED) is 0.901. The summed E-state index contributed by atoms with van der Waals surface area (Å²) in [6.45, 7) is 8.36. The van der Waals surface area contributed by atoms with Crippen LogP contribution >= 0.6 is 0 Å². The zero-order chi connectivity index (χ0) is 15.6. The van der Waals surface area contributed by atoms with Gasteiger partial charge in [0.1, 0.15) is 12.0 Å². The number of hydrogen-bond acceptors (Lipinski definition) is 2. The largest absolute Gasteiger partial charge is 0.319 e. The van der Waals surface area contributed by atoms with Gasteiger partial charge in [0.15, 0.2) is 0 Å². The Morgan fingerprint density at radius 1 is 1.29 bits per heavy atom. The number of amides is 1. The van der Waals surface area contributed by atoms with Gasteiger partial charge in [0.2, 0.25) is 5.91 Å². The first kappa shape index (κ1) is 16.0. The average Bonchev–Trinajstić information content (AvgIpc) is 2.75. The molecular formula is C17H25FN2O. The third-order valence-corrected chi connectivity index (χ3v) is 4.41. The van der Waals surface area contributed by atoms with Crippen LogP contribution in [-0.4, -0.2) is 22.9 Å². The minimum atomic E-state index is -0.254.